The van der Waals surface area contributed by atoms with Crippen molar-refractivity contribution in [2.75, 3.05) is 20.2 Å². The van der Waals surface area contributed by atoms with Crippen molar-refractivity contribution in [1.82, 2.24) is 4.90 Å². The minimum Gasteiger partial charge on any atom is -0.390 e. The maximum absolute atomic E-state index is 11.8. The summed E-state index contributed by atoms with van der Waals surface area (Å²) in [7, 11) is 1.66. The summed E-state index contributed by atoms with van der Waals surface area (Å²) in [6, 6.07) is 0. The zero-order chi connectivity index (χ0) is 12.2. The molecule has 1 aliphatic rings. The van der Waals surface area contributed by atoms with E-state index in [1.165, 1.54) is 0 Å². The standard InChI is InChI=1S/C12H23NO3/c1-10(16-3)4-5-11(14)13-8-6-12(2,15)7-9-13/h10,15H,4-9H2,1-3H3. The number of aliphatic hydroxyl groups is 1. The van der Waals surface area contributed by atoms with E-state index in [4.69, 9.17) is 4.74 Å². The Hall–Kier alpha value is -0.610. The third-order valence-corrected chi connectivity index (χ3v) is 3.36. The largest absolute Gasteiger partial charge is 0.390 e. The molecule has 4 heteroatoms. The minimum absolute atomic E-state index is 0.136. The average Bonchev–Trinajstić information content (AvgIpc) is 2.25. The Labute approximate surface area is 97.6 Å². The Morgan fingerprint density at radius 2 is 2.06 bits per heavy atom. The molecule has 0 aromatic rings. The van der Waals surface area contributed by atoms with E-state index in [2.05, 4.69) is 0 Å². The highest BCUT2D eigenvalue weighted by Crippen LogP contribution is 2.21. The van der Waals surface area contributed by atoms with Crippen molar-refractivity contribution in [3.05, 3.63) is 0 Å². The van der Waals surface area contributed by atoms with Gasteiger partial charge in [-0.1, -0.05) is 0 Å². The molecule has 0 saturated carbocycles. The van der Waals surface area contributed by atoms with Gasteiger partial charge in [0.05, 0.1) is 11.7 Å². The maximum Gasteiger partial charge on any atom is 0.222 e. The molecule has 0 spiro atoms. The molecule has 1 aliphatic heterocycles. The second-order valence-electron chi connectivity index (χ2n) is 4.96. The third-order valence-electron chi connectivity index (χ3n) is 3.36. The summed E-state index contributed by atoms with van der Waals surface area (Å²) >= 11 is 0. The van der Waals surface area contributed by atoms with Crippen LogP contribution in [0, 0.1) is 0 Å². The molecule has 94 valence electrons. The van der Waals surface area contributed by atoms with Gasteiger partial charge in [0.15, 0.2) is 0 Å². The van der Waals surface area contributed by atoms with E-state index in [0.29, 0.717) is 32.4 Å². The quantitative estimate of drug-likeness (QED) is 0.787. The first-order valence-electron chi connectivity index (χ1n) is 5.97. The summed E-state index contributed by atoms with van der Waals surface area (Å²) in [5, 5.41) is 9.77. The fraction of sp³-hybridized carbons (Fsp3) is 0.917. The molecule has 0 aliphatic carbocycles. The maximum atomic E-state index is 11.8. The molecule has 1 amide bonds. The van der Waals surface area contributed by atoms with E-state index >= 15 is 0 Å². The Kier molecular flexibility index (Phi) is 4.74. The third kappa shape index (κ3) is 4.10. The number of ether oxygens (including phenoxy) is 1. The Bertz CT molecular complexity index is 230. The fourth-order valence-electron chi connectivity index (χ4n) is 1.84. The highest BCUT2D eigenvalue weighted by molar-refractivity contribution is 5.76. The fourth-order valence-corrected chi connectivity index (χ4v) is 1.84. The Balaban J connectivity index is 2.28. The highest BCUT2D eigenvalue weighted by Gasteiger charge is 2.29. The van der Waals surface area contributed by atoms with Crippen LogP contribution in [0.4, 0.5) is 0 Å². The van der Waals surface area contributed by atoms with Crippen molar-refractivity contribution in [1.29, 1.82) is 0 Å². The molecular weight excluding hydrogens is 206 g/mol. The molecule has 1 unspecified atom stereocenters. The van der Waals surface area contributed by atoms with Gasteiger partial charge in [-0.15, -0.1) is 0 Å². The van der Waals surface area contributed by atoms with Crippen molar-refractivity contribution < 1.29 is 14.6 Å². The van der Waals surface area contributed by atoms with Gasteiger partial charge < -0.3 is 14.7 Å². The van der Waals surface area contributed by atoms with Gasteiger partial charge in [-0.2, -0.15) is 0 Å². The minimum atomic E-state index is -0.587. The van der Waals surface area contributed by atoms with Crippen molar-refractivity contribution in [3.8, 4) is 0 Å². The van der Waals surface area contributed by atoms with E-state index in [-0.39, 0.29) is 12.0 Å². The lowest BCUT2D eigenvalue weighted by molar-refractivity contribution is -0.135. The lowest BCUT2D eigenvalue weighted by Crippen LogP contribution is -2.45. The summed E-state index contributed by atoms with van der Waals surface area (Å²) in [4.78, 5) is 13.7. The predicted molar refractivity (Wildman–Crippen MR) is 62.1 cm³/mol. The second-order valence-corrected chi connectivity index (χ2v) is 4.96. The van der Waals surface area contributed by atoms with Crippen molar-refractivity contribution in [3.63, 3.8) is 0 Å². The number of hydrogen-bond acceptors (Lipinski definition) is 3. The Morgan fingerprint density at radius 1 is 1.50 bits per heavy atom. The number of likely N-dealkylation sites (tertiary alicyclic amines) is 1. The average molecular weight is 229 g/mol. The molecule has 0 aromatic carbocycles. The van der Waals surface area contributed by atoms with E-state index in [9.17, 15) is 9.90 Å². The summed E-state index contributed by atoms with van der Waals surface area (Å²) < 4.78 is 5.11. The van der Waals surface area contributed by atoms with Gasteiger partial charge in [-0.3, -0.25) is 4.79 Å². The molecule has 1 rings (SSSR count). The molecular formula is C12H23NO3. The van der Waals surface area contributed by atoms with Gasteiger partial charge in [-0.25, -0.2) is 0 Å². The molecule has 1 saturated heterocycles. The van der Waals surface area contributed by atoms with E-state index in [1.807, 2.05) is 18.7 Å². The first-order valence-corrected chi connectivity index (χ1v) is 5.97. The van der Waals surface area contributed by atoms with Gasteiger partial charge in [-0.05, 0) is 33.1 Å². The molecule has 1 N–H and O–H groups in total. The smallest absolute Gasteiger partial charge is 0.222 e. The number of methoxy groups -OCH3 is 1. The number of carbonyl (C=O) groups excluding carboxylic acids is 1. The normalized spacial score (nSPS) is 21.9. The van der Waals surface area contributed by atoms with Crippen LogP contribution in [0.15, 0.2) is 0 Å². The topological polar surface area (TPSA) is 49.8 Å². The van der Waals surface area contributed by atoms with E-state index in [1.54, 1.807) is 7.11 Å². The van der Waals surface area contributed by atoms with E-state index < -0.39 is 5.60 Å². The van der Waals surface area contributed by atoms with Crippen LogP contribution in [0.2, 0.25) is 0 Å². The molecule has 16 heavy (non-hydrogen) atoms. The molecule has 0 bridgehead atoms. The SMILES string of the molecule is COC(C)CCC(=O)N1CCC(C)(O)CC1. The highest BCUT2D eigenvalue weighted by atomic mass is 16.5. The molecule has 1 atom stereocenters. The number of amides is 1. The number of nitrogens with zero attached hydrogens (tertiary/aromatic N) is 1. The lowest BCUT2D eigenvalue weighted by Gasteiger charge is -2.36. The summed E-state index contributed by atoms with van der Waals surface area (Å²) in [5.74, 6) is 0.180. The summed E-state index contributed by atoms with van der Waals surface area (Å²) in [5.41, 5.74) is -0.587. The number of rotatable bonds is 4. The van der Waals surface area contributed by atoms with Gasteiger partial charge in [0, 0.05) is 26.6 Å². The van der Waals surface area contributed by atoms with Gasteiger partial charge in [0.1, 0.15) is 0 Å². The lowest BCUT2D eigenvalue weighted by atomic mass is 9.93. The molecule has 1 heterocycles. The van der Waals surface area contributed by atoms with E-state index in [0.717, 1.165) is 6.42 Å². The first-order chi connectivity index (χ1) is 7.44. The van der Waals surface area contributed by atoms with Crippen LogP contribution < -0.4 is 0 Å². The number of hydrogen-bond donors (Lipinski definition) is 1. The molecule has 0 radical (unpaired) electrons. The monoisotopic (exact) mass is 229 g/mol. The van der Waals surface area contributed by atoms with Gasteiger partial charge in [0.25, 0.3) is 0 Å². The van der Waals surface area contributed by atoms with Crippen LogP contribution in [-0.4, -0.2) is 47.8 Å². The van der Waals surface area contributed by atoms with Crippen LogP contribution >= 0.6 is 0 Å². The van der Waals surface area contributed by atoms with Crippen LogP contribution in [0.3, 0.4) is 0 Å². The molecule has 0 aromatic heterocycles. The van der Waals surface area contributed by atoms with Crippen LogP contribution in [0.25, 0.3) is 0 Å². The zero-order valence-corrected chi connectivity index (χ0v) is 10.5. The first kappa shape index (κ1) is 13.5. The van der Waals surface area contributed by atoms with Gasteiger partial charge >= 0.3 is 0 Å². The molecule has 4 nitrogen and oxygen atoms in total. The summed E-state index contributed by atoms with van der Waals surface area (Å²) in [6.45, 7) is 5.15. The summed E-state index contributed by atoms with van der Waals surface area (Å²) in [6.07, 6.45) is 2.80. The van der Waals surface area contributed by atoms with Crippen LogP contribution in [-0.2, 0) is 9.53 Å². The second kappa shape index (κ2) is 5.64. The van der Waals surface area contributed by atoms with Crippen molar-refractivity contribution in [2.45, 2.75) is 51.2 Å². The van der Waals surface area contributed by atoms with Crippen molar-refractivity contribution >= 4 is 5.91 Å². The predicted octanol–water partition coefficient (Wildman–Crippen LogP) is 1.17. The zero-order valence-electron chi connectivity index (χ0n) is 10.5. The number of carbonyl (C=O) groups is 1. The Morgan fingerprint density at radius 3 is 2.56 bits per heavy atom. The van der Waals surface area contributed by atoms with Crippen LogP contribution in [0.1, 0.15) is 39.5 Å². The molecule has 1 fully saturated rings. The van der Waals surface area contributed by atoms with Crippen LogP contribution in [0.5, 0.6) is 0 Å². The van der Waals surface area contributed by atoms with Crippen molar-refractivity contribution in [2.24, 2.45) is 0 Å². The van der Waals surface area contributed by atoms with Gasteiger partial charge in [0.2, 0.25) is 5.91 Å². The number of piperidine rings is 1.